The van der Waals surface area contributed by atoms with Gasteiger partial charge in [0.15, 0.2) is 0 Å². The molecule has 1 N–H and O–H groups in total. The van der Waals surface area contributed by atoms with Crippen molar-refractivity contribution in [1.82, 2.24) is 5.32 Å². The zero-order chi connectivity index (χ0) is 15.2. The van der Waals surface area contributed by atoms with Gasteiger partial charge in [-0.1, -0.05) is 19.1 Å². The van der Waals surface area contributed by atoms with Crippen LogP contribution < -0.4 is 5.32 Å². The predicted octanol–water partition coefficient (Wildman–Crippen LogP) is 4.64. The molecule has 112 valence electrons. The summed E-state index contributed by atoms with van der Waals surface area (Å²) in [5.74, 6) is -1.24. The SMILES string of the molecule is CCCNCC/C=C(/C)c1ccc(F)c(C(F)(F)F)c1. The fourth-order valence-electron chi connectivity index (χ4n) is 1.80. The zero-order valence-corrected chi connectivity index (χ0v) is 11.6. The lowest BCUT2D eigenvalue weighted by molar-refractivity contribution is -0.140. The lowest BCUT2D eigenvalue weighted by Gasteiger charge is -2.10. The molecule has 0 heterocycles. The van der Waals surface area contributed by atoms with Crippen molar-refractivity contribution in [3.05, 3.63) is 41.2 Å². The Kier molecular flexibility index (Phi) is 6.20. The van der Waals surface area contributed by atoms with E-state index in [0.29, 0.717) is 11.1 Å². The first kappa shape index (κ1) is 16.7. The number of alkyl halides is 3. The largest absolute Gasteiger partial charge is 0.419 e. The van der Waals surface area contributed by atoms with Gasteiger partial charge in [-0.25, -0.2) is 4.39 Å². The summed E-state index contributed by atoms with van der Waals surface area (Å²) in [5.41, 5.74) is -0.102. The molecule has 0 aromatic heterocycles. The van der Waals surface area contributed by atoms with Crippen LogP contribution in [0.3, 0.4) is 0 Å². The molecule has 1 aromatic carbocycles. The Morgan fingerprint density at radius 3 is 2.55 bits per heavy atom. The van der Waals surface area contributed by atoms with Crippen molar-refractivity contribution in [2.45, 2.75) is 32.9 Å². The van der Waals surface area contributed by atoms with Crippen LogP contribution in [0, 0.1) is 5.82 Å². The maximum Gasteiger partial charge on any atom is 0.419 e. The molecule has 0 saturated carbocycles. The van der Waals surface area contributed by atoms with E-state index in [4.69, 9.17) is 0 Å². The van der Waals surface area contributed by atoms with Crippen molar-refractivity contribution < 1.29 is 17.6 Å². The predicted molar refractivity (Wildman–Crippen MR) is 72.8 cm³/mol. The van der Waals surface area contributed by atoms with Crippen LogP contribution in [0.1, 0.15) is 37.8 Å². The van der Waals surface area contributed by atoms with Crippen molar-refractivity contribution in [2.75, 3.05) is 13.1 Å². The maximum atomic E-state index is 13.2. The van der Waals surface area contributed by atoms with E-state index >= 15 is 0 Å². The molecule has 0 aliphatic heterocycles. The minimum atomic E-state index is -4.66. The van der Waals surface area contributed by atoms with Gasteiger partial charge >= 0.3 is 6.18 Å². The highest BCUT2D eigenvalue weighted by Gasteiger charge is 2.34. The molecule has 0 atom stereocenters. The van der Waals surface area contributed by atoms with E-state index in [-0.39, 0.29) is 0 Å². The number of benzene rings is 1. The van der Waals surface area contributed by atoms with Gasteiger partial charge in [0.2, 0.25) is 0 Å². The van der Waals surface area contributed by atoms with Crippen LogP contribution in [-0.4, -0.2) is 13.1 Å². The van der Waals surface area contributed by atoms with Gasteiger partial charge in [0.1, 0.15) is 5.82 Å². The van der Waals surface area contributed by atoms with Crippen molar-refractivity contribution in [3.8, 4) is 0 Å². The van der Waals surface area contributed by atoms with Crippen LogP contribution in [0.25, 0.3) is 5.57 Å². The third-order valence-electron chi connectivity index (χ3n) is 2.93. The van der Waals surface area contributed by atoms with Gasteiger partial charge in [-0.15, -0.1) is 0 Å². The highest BCUT2D eigenvalue weighted by Crippen LogP contribution is 2.33. The molecule has 0 amide bonds. The van der Waals surface area contributed by atoms with Gasteiger partial charge in [-0.2, -0.15) is 13.2 Å². The second kappa shape index (κ2) is 7.43. The molecule has 0 radical (unpaired) electrons. The summed E-state index contributed by atoms with van der Waals surface area (Å²) in [4.78, 5) is 0. The van der Waals surface area contributed by atoms with E-state index in [1.165, 1.54) is 6.07 Å². The fraction of sp³-hybridized carbons (Fsp3) is 0.467. The molecule has 0 spiro atoms. The van der Waals surface area contributed by atoms with Crippen LogP contribution in [0.5, 0.6) is 0 Å². The van der Waals surface area contributed by atoms with Crippen molar-refractivity contribution in [1.29, 1.82) is 0 Å². The van der Waals surface area contributed by atoms with E-state index in [1.54, 1.807) is 6.92 Å². The van der Waals surface area contributed by atoms with Gasteiger partial charge in [0.05, 0.1) is 5.56 Å². The maximum absolute atomic E-state index is 13.2. The van der Waals surface area contributed by atoms with Crippen LogP contribution >= 0.6 is 0 Å². The summed E-state index contributed by atoms with van der Waals surface area (Å²) < 4.78 is 51.0. The molecule has 0 aliphatic carbocycles. The van der Waals surface area contributed by atoms with Crippen molar-refractivity contribution in [3.63, 3.8) is 0 Å². The second-order valence-corrected chi connectivity index (χ2v) is 4.62. The Morgan fingerprint density at radius 1 is 1.25 bits per heavy atom. The molecule has 0 bridgehead atoms. The monoisotopic (exact) mass is 289 g/mol. The molecule has 0 fully saturated rings. The normalized spacial score (nSPS) is 12.8. The van der Waals surface area contributed by atoms with Gasteiger partial charge in [0, 0.05) is 0 Å². The highest BCUT2D eigenvalue weighted by molar-refractivity contribution is 5.64. The van der Waals surface area contributed by atoms with Gasteiger partial charge < -0.3 is 5.32 Å². The standard InChI is InChI=1S/C15H19F4N/c1-3-8-20-9-4-5-11(2)12-6-7-14(16)13(10-12)15(17,18)19/h5-7,10,20H,3-4,8-9H2,1-2H3/b11-5-. The summed E-state index contributed by atoms with van der Waals surface area (Å²) in [7, 11) is 0. The average molecular weight is 289 g/mol. The summed E-state index contributed by atoms with van der Waals surface area (Å²) >= 11 is 0. The molecule has 20 heavy (non-hydrogen) atoms. The van der Waals surface area contributed by atoms with Gasteiger partial charge in [0.25, 0.3) is 0 Å². The highest BCUT2D eigenvalue weighted by atomic mass is 19.4. The summed E-state index contributed by atoms with van der Waals surface area (Å²) in [5, 5.41) is 3.20. The first-order valence-corrected chi connectivity index (χ1v) is 6.61. The number of halogens is 4. The first-order valence-electron chi connectivity index (χ1n) is 6.61. The van der Waals surface area contributed by atoms with E-state index < -0.39 is 17.6 Å². The Hall–Kier alpha value is -1.36. The Morgan fingerprint density at radius 2 is 1.95 bits per heavy atom. The molecular formula is C15H19F4N. The number of hydrogen-bond donors (Lipinski definition) is 1. The topological polar surface area (TPSA) is 12.0 Å². The molecule has 0 aliphatic rings. The number of hydrogen-bond acceptors (Lipinski definition) is 1. The lowest BCUT2D eigenvalue weighted by atomic mass is 10.0. The van der Waals surface area contributed by atoms with E-state index in [0.717, 1.165) is 38.1 Å². The van der Waals surface area contributed by atoms with Crippen molar-refractivity contribution in [2.24, 2.45) is 0 Å². The summed E-state index contributed by atoms with van der Waals surface area (Å²) in [6.07, 6.45) is -1.04. The number of allylic oxidation sites excluding steroid dienone is 1. The van der Waals surface area contributed by atoms with Gasteiger partial charge in [-0.3, -0.25) is 0 Å². The Balaban J connectivity index is 2.78. The second-order valence-electron chi connectivity index (χ2n) is 4.62. The first-order chi connectivity index (χ1) is 9.36. The molecule has 1 rings (SSSR count). The Labute approximate surface area is 116 Å². The van der Waals surface area contributed by atoms with Crippen LogP contribution in [0.2, 0.25) is 0 Å². The third kappa shape index (κ3) is 4.96. The van der Waals surface area contributed by atoms with Crippen LogP contribution in [0.15, 0.2) is 24.3 Å². The summed E-state index contributed by atoms with van der Waals surface area (Å²) in [6, 6.07) is 3.10. The van der Waals surface area contributed by atoms with Gasteiger partial charge in [-0.05, 0) is 56.1 Å². The summed E-state index contributed by atoms with van der Waals surface area (Å²) in [6.45, 7) is 5.48. The number of rotatable bonds is 6. The average Bonchev–Trinajstić information content (AvgIpc) is 2.37. The minimum absolute atomic E-state index is 0.397. The molecule has 5 heteroatoms. The van der Waals surface area contributed by atoms with E-state index in [9.17, 15) is 17.6 Å². The number of nitrogens with one attached hydrogen (secondary N) is 1. The Bertz CT molecular complexity index is 463. The van der Waals surface area contributed by atoms with Crippen LogP contribution in [0.4, 0.5) is 17.6 Å². The minimum Gasteiger partial charge on any atom is -0.316 e. The molecular weight excluding hydrogens is 270 g/mol. The quantitative estimate of drug-likeness (QED) is 0.594. The molecule has 1 nitrogen and oxygen atoms in total. The van der Waals surface area contributed by atoms with Crippen molar-refractivity contribution >= 4 is 5.57 Å². The fourth-order valence-corrected chi connectivity index (χ4v) is 1.80. The third-order valence-corrected chi connectivity index (χ3v) is 2.93. The lowest BCUT2D eigenvalue weighted by Crippen LogP contribution is -2.15. The molecule has 0 saturated heterocycles. The molecule has 1 aromatic rings. The van der Waals surface area contributed by atoms with E-state index in [2.05, 4.69) is 12.2 Å². The smallest absolute Gasteiger partial charge is 0.316 e. The molecule has 0 unspecified atom stereocenters. The van der Waals surface area contributed by atoms with Crippen LogP contribution in [-0.2, 0) is 6.18 Å². The zero-order valence-electron chi connectivity index (χ0n) is 11.6. The van der Waals surface area contributed by atoms with E-state index in [1.807, 2.05) is 6.08 Å².